The molecule has 27 heavy (non-hydrogen) atoms. The van der Waals surface area contributed by atoms with Gasteiger partial charge in [-0.2, -0.15) is 0 Å². The van der Waals surface area contributed by atoms with Crippen molar-refractivity contribution < 1.29 is 9.53 Å². The first-order valence-corrected chi connectivity index (χ1v) is 9.94. The number of amidine groups is 1. The quantitative estimate of drug-likeness (QED) is 0.659. The number of hydrogen-bond acceptors (Lipinski definition) is 4. The minimum absolute atomic E-state index is 0.0172. The van der Waals surface area contributed by atoms with Crippen molar-refractivity contribution in [1.29, 1.82) is 0 Å². The Morgan fingerprint density at radius 2 is 1.89 bits per heavy atom. The first kappa shape index (κ1) is 19.2. The highest BCUT2D eigenvalue weighted by Crippen LogP contribution is 2.35. The molecule has 0 radical (unpaired) electrons. The van der Waals surface area contributed by atoms with Gasteiger partial charge in [0, 0.05) is 12.1 Å². The summed E-state index contributed by atoms with van der Waals surface area (Å²) in [5.74, 6) is 0.764. The van der Waals surface area contributed by atoms with Crippen LogP contribution >= 0.6 is 11.8 Å². The lowest BCUT2D eigenvalue weighted by atomic mass is 10.1. The van der Waals surface area contributed by atoms with Gasteiger partial charge in [-0.05, 0) is 74.9 Å². The molecule has 0 N–H and O–H groups in total. The first-order valence-electron chi connectivity index (χ1n) is 9.12. The average molecular weight is 381 g/mol. The molecular formula is C22H24N2O2S. The topological polar surface area (TPSA) is 41.9 Å². The lowest BCUT2D eigenvalue weighted by Gasteiger charge is -2.12. The molecule has 3 rings (SSSR count). The van der Waals surface area contributed by atoms with Crippen LogP contribution in [0.1, 0.15) is 30.5 Å². The summed E-state index contributed by atoms with van der Waals surface area (Å²) in [5, 5.41) is 0.714. The molecule has 0 atom stereocenters. The van der Waals surface area contributed by atoms with E-state index in [9.17, 15) is 4.79 Å². The van der Waals surface area contributed by atoms with Gasteiger partial charge in [0.05, 0.1) is 17.2 Å². The van der Waals surface area contributed by atoms with Crippen LogP contribution in [0.25, 0.3) is 6.08 Å². The molecule has 1 aliphatic heterocycles. The molecule has 0 bridgehead atoms. The average Bonchev–Trinajstić information content (AvgIpc) is 2.94. The molecule has 1 aliphatic rings. The molecule has 0 aliphatic carbocycles. The van der Waals surface area contributed by atoms with E-state index in [1.165, 1.54) is 22.9 Å². The number of ether oxygens (including phenoxy) is 1. The van der Waals surface area contributed by atoms with E-state index in [0.717, 1.165) is 17.0 Å². The van der Waals surface area contributed by atoms with E-state index < -0.39 is 0 Å². The molecule has 4 nitrogen and oxygen atoms in total. The first-order chi connectivity index (χ1) is 13.0. The van der Waals surface area contributed by atoms with Gasteiger partial charge in [0.1, 0.15) is 5.75 Å². The lowest BCUT2D eigenvalue weighted by molar-refractivity contribution is -0.122. The summed E-state index contributed by atoms with van der Waals surface area (Å²) in [6, 6.07) is 13.8. The van der Waals surface area contributed by atoms with Gasteiger partial charge < -0.3 is 4.74 Å². The SMILES string of the molecule is CCOc1ccccc1/C=C1/SC(=Nc2ccc(C)c(C)c2)N(CC)C1=O. The second kappa shape index (κ2) is 8.44. The molecule has 1 saturated heterocycles. The number of rotatable bonds is 5. The van der Waals surface area contributed by atoms with E-state index in [1.807, 2.05) is 56.3 Å². The Hall–Kier alpha value is -2.53. The second-order valence-electron chi connectivity index (χ2n) is 6.29. The maximum Gasteiger partial charge on any atom is 0.266 e. The van der Waals surface area contributed by atoms with Gasteiger partial charge in [-0.3, -0.25) is 9.69 Å². The van der Waals surface area contributed by atoms with Crippen LogP contribution in [0.3, 0.4) is 0 Å². The van der Waals surface area contributed by atoms with Crippen molar-refractivity contribution in [2.75, 3.05) is 13.2 Å². The molecule has 2 aromatic rings. The fourth-order valence-electron chi connectivity index (χ4n) is 2.80. The van der Waals surface area contributed by atoms with E-state index in [4.69, 9.17) is 9.73 Å². The van der Waals surface area contributed by atoms with Crippen LogP contribution in [-0.2, 0) is 4.79 Å². The van der Waals surface area contributed by atoms with E-state index >= 15 is 0 Å². The zero-order valence-corrected chi connectivity index (χ0v) is 17.0. The highest BCUT2D eigenvalue weighted by atomic mass is 32.2. The van der Waals surface area contributed by atoms with Gasteiger partial charge in [0.25, 0.3) is 5.91 Å². The van der Waals surface area contributed by atoms with Crippen molar-refractivity contribution >= 4 is 34.6 Å². The van der Waals surface area contributed by atoms with Crippen molar-refractivity contribution in [3.8, 4) is 5.75 Å². The van der Waals surface area contributed by atoms with Gasteiger partial charge in [0.15, 0.2) is 5.17 Å². The van der Waals surface area contributed by atoms with Crippen LogP contribution in [0.5, 0.6) is 5.75 Å². The summed E-state index contributed by atoms with van der Waals surface area (Å²) >= 11 is 1.41. The molecule has 0 saturated carbocycles. The molecule has 1 heterocycles. The van der Waals surface area contributed by atoms with E-state index in [2.05, 4.69) is 19.9 Å². The van der Waals surface area contributed by atoms with Crippen molar-refractivity contribution in [2.24, 2.45) is 4.99 Å². The summed E-state index contributed by atoms with van der Waals surface area (Å²) in [6.07, 6.45) is 1.89. The molecule has 0 spiro atoms. The van der Waals surface area contributed by atoms with Crippen LogP contribution < -0.4 is 4.74 Å². The Labute approximate surface area is 164 Å². The van der Waals surface area contributed by atoms with Crippen molar-refractivity contribution in [3.63, 3.8) is 0 Å². The number of amides is 1. The number of para-hydroxylation sites is 1. The summed E-state index contributed by atoms with van der Waals surface area (Å²) in [5.41, 5.74) is 4.19. The Bertz CT molecular complexity index is 918. The van der Waals surface area contributed by atoms with Gasteiger partial charge in [-0.25, -0.2) is 4.99 Å². The molecule has 0 unspecified atom stereocenters. The number of benzene rings is 2. The third-order valence-corrected chi connectivity index (χ3v) is 5.43. The smallest absolute Gasteiger partial charge is 0.266 e. The predicted molar refractivity (Wildman–Crippen MR) is 114 cm³/mol. The monoisotopic (exact) mass is 380 g/mol. The molecule has 1 amide bonds. The number of carbonyl (C=O) groups is 1. The van der Waals surface area contributed by atoms with Gasteiger partial charge in [0.2, 0.25) is 0 Å². The number of thioether (sulfide) groups is 1. The van der Waals surface area contributed by atoms with E-state index in [1.54, 1.807) is 4.90 Å². The Kier molecular flexibility index (Phi) is 6.01. The number of likely N-dealkylation sites (N-methyl/N-ethyl adjacent to an activating group) is 1. The summed E-state index contributed by atoms with van der Waals surface area (Å²) in [6.45, 7) is 9.23. The lowest BCUT2D eigenvalue weighted by Crippen LogP contribution is -2.28. The Morgan fingerprint density at radius 3 is 2.59 bits per heavy atom. The van der Waals surface area contributed by atoms with Crippen molar-refractivity contribution in [1.82, 2.24) is 4.90 Å². The molecular weight excluding hydrogens is 356 g/mol. The fraction of sp³-hybridized carbons (Fsp3) is 0.273. The highest BCUT2D eigenvalue weighted by molar-refractivity contribution is 8.18. The van der Waals surface area contributed by atoms with Crippen molar-refractivity contribution in [3.05, 3.63) is 64.1 Å². The second-order valence-corrected chi connectivity index (χ2v) is 7.30. The maximum atomic E-state index is 12.8. The third kappa shape index (κ3) is 4.25. The standard InChI is InChI=1S/C22H24N2O2S/c1-5-24-21(25)20(14-17-9-7-8-10-19(17)26-6-2)27-22(24)23-18-12-11-15(3)16(4)13-18/h7-14H,5-6H2,1-4H3/b20-14+,23-22?. The number of carbonyl (C=O) groups excluding carboxylic acids is 1. The molecule has 0 aromatic heterocycles. The molecule has 2 aromatic carbocycles. The minimum atomic E-state index is -0.0172. The van der Waals surface area contributed by atoms with Gasteiger partial charge in [-0.1, -0.05) is 24.3 Å². The molecule has 1 fully saturated rings. The minimum Gasteiger partial charge on any atom is -0.493 e. The summed E-state index contributed by atoms with van der Waals surface area (Å²) in [7, 11) is 0. The Morgan fingerprint density at radius 1 is 1.11 bits per heavy atom. The predicted octanol–water partition coefficient (Wildman–Crippen LogP) is 5.33. The van der Waals surface area contributed by atoms with Crippen molar-refractivity contribution in [2.45, 2.75) is 27.7 Å². The molecule has 5 heteroatoms. The fourth-order valence-corrected chi connectivity index (χ4v) is 3.86. The van der Waals surface area contributed by atoms with E-state index in [0.29, 0.717) is 23.2 Å². The van der Waals surface area contributed by atoms with Crippen LogP contribution in [0.15, 0.2) is 52.4 Å². The maximum absolute atomic E-state index is 12.8. The zero-order chi connectivity index (χ0) is 19.4. The molecule has 140 valence electrons. The number of hydrogen-bond donors (Lipinski definition) is 0. The van der Waals surface area contributed by atoms with Crippen LogP contribution in [0, 0.1) is 13.8 Å². The third-order valence-electron chi connectivity index (χ3n) is 4.42. The van der Waals surface area contributed by atoms with Crippen LogP contribution in [-0.4, -0.2) is 29.1 Å². The summed E-state index contributed by atoms with van der Waals surface area (Å²) < 4.78 is 5.67. The highest BCUT2D eigenvalue weighted by Gasteiger charge is 2.32. The summed E-state index contributed by atoms with van der Waals surface area (Å²) in [4.78, 5) is 19.9. The van der Waals surface area contributed by atoms with Gasteiger partial charge in [-0.15, -0.1) is 0 Å². The normalized spacial score (nSPS) is 17.2. The van der Waals surface area contributed by atoms with Crippen LogP contribution in [0.4, 0.5) is 5.69 Å². The number of aliphatic imine (C=N–C) groups is 1. The number of nitrogens with zero attached hydrogens (tertiary/aromatic N) is 2. The van der Waals surface area contributed by atoms with E-state index in [-0.39, 0.29) is 5.91 Å². The zero-order valence-electron chi connectivity index (χ0n) is 16.2. The largest absolute Gasteiger partial charge is 0.493 e. The Balaban J connectivity index is 1.95. The van der Waals surface area contributed by atoms with Crippen LogP contribution in [0.2, 0.25) is 0 Å². The van der Waals surface area contributed by atoms with Gasteiger partial charge >= 0.3 is 0 Å². The number of aryl methyl sites for hydroxylation is 2.